The zero-order chi connectivity index (χ0) is 17.1. The van der Waals surface area contributed by atoms with E-state index in [9.17, 15) is 4.79 Å². The van der Waals surface area contributed by atoms with Gasteiger partial charge in [0.1, 0.15) is 6.10 Å². The Morgan fingerprint density at radius 1 is 1.21 bits per heavy atom. The Bertz CT molecular complexity index is 696. The summed E-state index contributed by atoms with van der Waals surface area (Å²) < 4.78 is 5.89. The van der Waals surface area contributed by atoms with Crippen molar-refractivity contribution in [3.8, 4) is 5.88 Å². The molecule has 5 nitrogen and oxygen atoms in total. The van der Waals surface area contributed by atoms with Crippen LogP contribution in [0.4, 0.5) is 5.69 Å². The molecule has 0 aliphatic carbocycles. The second kappa shape index (κ2) is 6.91. The van der Waals surface area contributed by atoms with Crippen molar-refractivity contribution in [1.29, 1.82) is 0 Å². The number of likely N-dealkylation sites (tertiary alicyclic amines) is 1. The number of rotatable bonds is 4. The van der Waals surface area contributed by atoms with Gasteiger partial charge in [0.2, 0.25) is 5.88 Å². The number of carbonyl (C=O) groups is 1. The van der Waals surface area contributed by atoms with Crippen molar-refractivity contribution in [2.45, 2.75) is 19.4 Å². The molecule has 5 heteroatoms. The number of ether oxygens (including phenoxy) is 1. The third-order valence-electron chi connectivity index (χ3n) is 4.23. The van der Waals surface area contributed by atoms with E-state index >= 15 is 0 Å². The highest BCUT2D eigenvalue weighted by Crippen LogP contribution is 2.20. The van der Waals surface area contributed by atoms with Gasteiger partial charge in [-0.3, -0.25) is 4.79 Å². The maximum Gasteiger partial charge on any atom is 0.253 e. The van der Waals surface area contributed by atoms with Crippen LogP contribution in [0.5, 0.6) is 5.88 Å². The van der Waals surface area contributed by atoms with E-state index in [1.54, 1.807) is 6.20 Å². The molecule has 1 atom stereocenters. The molecule has 24 heavy (non-hydrogen) atoms. The van der Waals surface area contributed by atoms with Crippen LogP contribution in [-0.2, 0) is 0 Å². The van der Waals surface area contributed by atoms with Crippen molar-refractivity contribution in [3.63, 3.8) is 0 Å². The number of anilines is 1. The first-order valence-electron chi connectivity index (χ1n) is 8.19. The smallest absolute Gasteiger partial charge is 0.253 e. The lowest BCUT2D eigenvalue weighted by atomic mass is 10.2. The number of carbonyl (C=O) groups excluding carboxylic acids is 1. The minimum atomic E-state index is 0.00482. The summed E-state index contributed by atoms with van der Waals surface area (Å²) in [4.78, 5) is 20.7. The molecule has 0 N–H and O–H groups in total. The van der Waals surface area contributed by atoms with Gasteiger partial charge in [0.15, 0.2) is 0 Å². The molecule has 0 spiro atoms. The maximum atomic E-state index is 12.6. The summed E-state index contributed by atoms with van der Waals surface area (Å²) in [6.45, 7) is 3.31. The summed E-state index contributed by atoms with van der Waals surface area (Å²) in [6, 6.07) is 11.5. The van der Waals surface area contributed by atoms with Crippen molar-refractivity contribution < 1.29 is 9.53 Å². The molecule has 1 aliphatic rings. The van der Waals surface area contributed by atoms with Crippen LogP contribution in [0, 0.1) is 6.92 Å². The lowest BCUT2D eigenvalue weighted by molar-refractivity contribution is 0.0771. The van der Waals surface area contributed by atoms with E-state index in [1.165, 1.54) is 0 Å². The number of benzene rings is 1. The number of aryl methyl sites for hydroxylation is 1. The van der Waals surface area contributed by atoms with Gasteiger partial charge in [-0.25, -0.2) is 4.98 Å². The molecule has 1 fully saturated rings. The van der Waals surface area contributed by atoms with Gasteiger partial charge in [0, 0.05) is 50.6 Å². The van der Waals surface area contributed by atoms with Crippen LogP contribution in [-0.4, -0.2) is 49.1 Å². The molecule has 1 saturated heterocycles. The van der Waals surface area contributed by atoms with Gasteiger partial charge in [-0.2, -0.15) is 0 Å². The first-order valence-corrected chi connectivity index (χ1v) is 8.19. The fraction of sp³-hybridized carbons (Fsp3) is 0.368. The predicted molar refractivity (Wildman–Crippen MR) is 94.7 cm³/mol. The van der Waals surface area contributed by atoms with Crippen molar-refractivity contribution in [2.24, 2.45) is 0 Å². The van der Waals surface area contributed by atoms with Crippen LogP contribution in [0.1, 0.15) is 22.3 Å². The average molecular weight is 325 g/mol. The van der Waals surface area contributed by atoms with E-state index in [1.807, 2.05) is 67.2 Å². The van der Waals surface area contributed by atoms with E-state index in [-0.39, 0.29) is 12.0 Å². The van der Waals surface area contributed by atoms with E-state index in [2.05, 4.69) is 4.98 Å². The van der Waals surface area contributed by atoms with Crippen LogP contribution >= 0.6 is 0 Å². The van der Waals surface area contributed by atoms with Crippen molar-refractivity contribution in [2.75, 3.05) is 32.1 Å². The highest BCUT2D eigenvalue weighted by Gasteiger charge is 2.28. The highest BCUT2D eigenvalue weighted by molar-refractivity contribution is 5.94. The zero-order valence-corrected chi connectivity index (χ0v) is 14.4. The van der Waals surface area contributed by atoms with Gasteiger partial charge in [-0.1, -0.05) is 6.07 Å². The number of aromatic nitrogens is 1. The third-order valence-corrected chi connectivity index (χ3v) is 4.23. The minimum absolute atomic E-state index is 0.00482. The summed E-state index contributed by atoms with van der Waals surface area (Å²) in [5, 5.41) is 0. The normalized spacial score (nSPS) is 17.0. The molecule has 0 saturated carbocycles. The van der Waals surface area contributed by atoms with Crippen molar-refractivity contribution >= 4 is 11.6 Å². The standard InChI is InChI=1S/C19H23N3O2/c1-14-4-9-18(20-12-14)24-17-10-11-22(13-17)19(23)15-5-7-16(8-6-15)21(2)3/h4-9,12,17H,10-11,13H2,1-3H3. The van der Waals surface area contributed by atoms with Crippen molar-refractivity contribution in [3.05, 3.63) is 53.7 Å². The van der Waals surface area contributed by atoms with Gasteiger partial charge in [0.05, 0.1) is 6.54 Å². The number of hydrogen-bond donors (Lipinski definition) is 0. The molecule has 1 aliphatic heterocycles. The third kappa shape index (κ3) is 3.67. The minimum Gasteiger partial charge on any atom is -0.472 e. The highest BCUT2D eigenvalue weighted by atomic mass is 16.5. The predicted octanol–water partition coefficient (Wildman–Crippen LogP) is 2.75. The number of nitrogens with zero attached hydrogens (tertiary/aromatic N) is 3. The van der Waals surface area contributed by atoms with Gasteiger partial charge >= 0.3 is 0 Å². The largest absolute Gasteiger partial charge is 0.472 e. The van der Waals surface area contributed by atoms with Crippen LogP contribution in [0.2, 0.25) is 0 Å². The topological polar surface area (TPSA) is 45.7 Å². The van der Waals surface area contributed by atoms with Crippen LogP contribution in [0.25, 0.3) is 0 Å². The SMILES string of the molecule is Cc1ccc(OC2CCN(C(=O)c3ccc(N(C)C)cc3)C2)nc1. The maximum absolute atomic E-state index is 12.6. The molecular weight excluding hydrogens is 302 g/mol. The molecule has 1 unspecified atom stereocenters. The Balaban J connectivity index is 1.60. The molecule has 2 aromatic rings. The Morgan fingerprint density at radius 3 is 2.58 bits per heavy atom. The number of amides is 1. The second-order valence-corrected chi connectivity index (χ2v) is 6.39. The molecule has 1 aromatic heterocycles. The number of hydrogen-bond acceptors (Lipinski definition) is 4. The van der Waals surface area contributed by atoms with E-state index in [0.29, 0.717) is 19.0 Å². The summed E-state index contributed by atoms with van der Waals surface area (Å²) in [5.74, 6) is 0.679. The molecular formula is C19H23N3O2. The molecule has 2 heterocycles. The van der Waals surface area contributed by atoms with Gasteiger partial charge in [-0.05, 0) is 36.8 Å². The van der Waals surface area contributed by atoms with Gasteiger partial charge < -0.3 is 14.5 Å². The fourth-order valence-corrected chi connectivity index (χ4v) is 2.79. The molecule has 3 rings (SSSR count). The van der Waals surface area contributed by atoms with Gasteiger partial charge in [-0.15, -0.1) is 0 Å². The Kier molecular flexibility index (Phi) is 4.69. The summed E-state index contributed by atoms with van der Waals surface area (Å²) in [5.41, 5.74) is 2.90. The Hall–Kier alpha value is -2.56. The molecule has 0 radical (unpaired) electrons. The quantitative estimate of drug-likeness (QED) is 0.867. The Labute approximate surface area is 142 Å². The van der Waals surface area contributed by atoms with Gasteiger partial charge in [0.25, 0.3) is 5.91 Å². The zero-order valence-electron chi connectivity index (χ0n) is 14.4. The molecule has 1 aromatic carbocycles. The van der Waals surface area contributed by atoms with E-state index < -0.39 is 0 Å². The number of pyridine rings is 1. The van der Waals surface area contributed by atoms with Crippen LogP contribution in [0.15, 0.2) is 42.6 Å². The van der Waals surface area contributed by atoms with Crippen LogP contribution in [0.3, 0.4) is 0 Å². The van der Waals surface area contributed by atoms with Crippen molar-refractivity contribution in [1.82, 2.24) is 9.88 Å². The van der Waals surface area contributed by atoms with E-state index in [4.69, 9.17) is 4.74 Å². The first kappa shape index (κ1) is 16.3. The monoisotopic (exact) mass is 325 g/mol. The second-order valence-electron chi connectivity index (χ2n) is 6.39. The average Bonchev–Trinajstić information content (AvgIpc) is 3.05. The Morgan fingerprint density at radius 2 is 1.96 bits per heavy atom. The summed E-state index contributed by atoms with van der Waals surface area (Å²) in [6.07, 6.45) is 2.63. The molecule has 0 bridgehead atoms. The lowest BCUT2D eigenvalue weighted by Gasteiger charge is -2.18. The van der Waals surface area contributed by atoms with Crippen LogP contribution < -0.4 is 9.64 Å². The first-order chi connectivity index (χ1) is 11.5. The fourth-order valence-electron chi connectivity index (χ4n) is 2.79. The lowest BCUT2D eigenvalue weighted by Crippen LogP contribution is -2.31. The molecule has 1 amide bonds. The van der Waals surface area contributed by atoms with E-state index in [0.717, 1.165) is 23.2 Å². The summed E-state index contributed by atoms with van der Waals surface area (Å²) in [7, 11) is 3.97. The molecule has 126 valence electrons. The summed E-state index contributed by atoms with van der Waals surface area (Å²) >= 11 is 0.